The largest absolute Gasteiger partial charge is 0.497 e. The Morgan fingerprint density at radius 1 is 1.33 bits per heavy atom. The summed E-state index contributed by atoms with van der Waals surface area (Å²) in [4.78, 5) is 11.4. The second kappa shape index (κ2) is 4.53. The van der Waals surface area contributed by atoms with Crippen LogP contribution in [-0.4, -0.2) is 12.2 Å². The van der Waals surface area contributed by atoms with Crippen molar-refractivity contribution in [2.45, 2.75) is 6.42 Å². The molecule has 1 aliphatic heterocycles. The predicted molar refractivity (Wildman–Crippen MR) is 61.9 cm³/mol. The second-order valence-corrected chi connectivity index (χ2v) is 4.33. The van der Waals surface area contributed by atoms with Gasteiger partial charge in [-0.05, 0) is 29.5 Å². The highest BCUT2D eigenvalue weighted by Gasteiger charge is 2.20. The first-order valence-corrected chi connectivity index (χ1v) is 5.67. The van der Waals surface area contributed by atoms with E-state index in [4.69, 9.17) is 4.74 Å². The van der Waals surface area contributed by atoms with Gasteiger partial charge in [0.25, 0.3) is 0 Å². The molecule has 0 amide bonds. The number of rotatable bonds is 3. The van der Waals surface area contributed by atoms with E-state index in [2.05, 4.69) is 0 Å². The van der Waals surface area contributed by atoms with E-state index in [1.165, 1.54) is 17.3 Å². The molecule has 2 rings (SSSR count). The molecule has 1 heterocycles. The maximum atomic E-state index is 11.4. The van der Waals surface area contributed by atoms with E-state index in [-0.39, 0.29) is 11.0 Å². The number of hydrogen-bond acceptors (Lipinski definition) is 3. The van der Waals surface area contributed by atoms with Gasteiger partial charge in [-0.25, -0.2) is 0 Å². The highest BCUT2D eigenvalue weighted by molar-refractivity contribution is 8.16. The van der Waals surface area contributed by atoms with Gasteiger partial charge in [-0.1, -0.05) is 30.0 Å². The highest BCUT2D eigenvalue weighted by Crippen LogP contribution is 2.26. The lowest BCUT2D eigenvalue weighted by molar-refractivity contribution is -0.112. The topological polar surface area (TPSA) is 26.3 Å². The Labute approximate surface area is 93.3 Å². The first-order valence-electron chi connectivity index (χ1n) is 4.79. The summed E-state index contributed by atoms with van der Waals surface area (Å²) in [6.07, 6.45) is 2.75. The smallest absolute Gasteiger partial charge is 0.200 e. The fourth-order valence-electron chi connectivity index (χ4n) is 1.53. The van der Waals surface area contributed by atoms with Crippen LogP contribution in [0, 0.1) is 5.92 Å². The SMILES string of the molecule is COc1ccc(CC2C=CSC2=O)cc1. The number of carbonyl (C=O) groups is 1. The van der Waals surface area contributed by atoms with Crippen LogP contribution in [0.4, 0.5) is 0 Å². The van der Waals surface area contributed by atoms with Crippen molar-refractivity contribution in [2.24, 2.45) is 5.92 Å². The molecule has 1 aromatic carbocycles. The predicted octanol–water partition coefficient (Wildman–Crippen LogP) is 2.64. The number of hydrogen-bond donors (Lipinski definition) is 0. The lowest BCUT2D eigenvalue weighted by atomic mass is 10.0. The molecular formula is C12H12O2S. The molecule has 1 aliphatic rings. The molecule has 78 valence electrons. The Hall–Kier alpha value is -1.22. The van der Waals surface area contributed by atoms with Crippen molar-refractivity contribution >= 4 is 16.9 Å². The second-order valence-electron chi connectivity index (χ2n) is 3.42. The van der Waals surface area contributed by atoms with E-state index in [9.17, 15) is 4.79 Å². The van der Waals surface area contributed by atoms with E-state index in [1.54, 1.807) is 7.11 Å². The molecule has 0 saturated carbocycles. The van der Waals surface area contributed by atoms with Crippen molar-refractivity contribution in [3.05, 3.63) is 41.3 Å². The van der Waals surface area contributed by atoms with E-state index < -0.39 is 0 Å². The quantitative estimate of drug-likeness (QED) is 0.783. The van der Waals surface area contributed by atoms with E-state index in [0.717, 1.165) is 12.2 Å². The van der Waals surface area contributed by atoms with E-state index >= 15 is 0 Å². The summed E-state index contributed by atoms with van der Waals surface area (Å²) in [5, 5.41) is 2.11. The van der Waals surface area contributed by atoms with Gasteiger partial charge in [0.15, 0.2) is 5.12 Å². The minimum atomic E-state index is 0.0448. The molecule has 0 saturated heterocycles. The van der Waals surface area contributed by atoms with Crippen LogP contribution in [-0.2, 0) is 11.2 Å². The van der Waals surface area contributed by atoms with Gasteiger partial charge < -0.3 is 4.74 Å². The Kier molecular flexibility index (Phi) is 3.11. The van der Waals surface area contributed by atoms with Gasteiger partial charge in [-0.3, -0.25) is 4.79 Å². The number of allylic oxidation sites excluding steroid dienone is 1. The van der Waals surface area contributed by atoms with Gasteiger partial charge in [0.05, 0.1) is 13.0 Å². The summed E-state index contributed by atoms with van der Waals surface area (Å²) in [5.74, 6) is 0.893. The van der Waals surface area contributed by atoms with Crippen LogP contribution < -0.4 is 4.74 Å². The fourth-order valence-corrected chi connectivity index (χ4v) is 2.27. The summed E-state index contributed by atoms with van der Waals surface area (Å²) in [7, 11) is 1.65. The highest BCUT2D eigenvalue weighted by atomic mass is 32.2. The third kappa shape index (κ3) is 2.42. The van der Waals surface area contributed by atoms with E-state index in [1.807, 2.05) is 35.7 Å². The molecule has 0 fully saturated rings. The molecule has 0 spiro atoms. The minimum absolute atomic E-state index is 0.0448. The van der Waals surface area contributed by atoms with Crippen molar-refractivity contribution in [2.75, 3.05) is 7.11 Å². The first kappa shape index (κ1) is 10.3. The molecule has 1 aromatic rings. The van der Waals surface area contributed by atoms with Gasteiger partial charge >= 0.3 is 0 Å². The van der Waals surface area contributed by atoms with Crippen molar-refractivity contribution in [3.8, 4) is 5.75 Å². The van der Waals surface area contributed by atoms with Crippen molar-refractivity contribution in [3.63, 3.8) is 0 Å². The molecule has 1 unspecified atom stereocenters. The molecule has 0 N–H and O–H groups in total. The first-order chi connectivity index (χ1) is 7.29. The Morgan fingerprint density at radius 2 is 2.07 bits per heavy atom. The summed E-state index contributed by atoms with van der Waals surface area (Å²) >= 11 is 1.29. The zero-order valence-corrected chi connectivity index (χ0v) is 9.29. The van der Waals surface area contributed by atoms with Crippen LogP contribution in [0.25, 0.3) is 0 Å². The average molecular weight is 220 g/mol. The molecule has 3 heteroatoms. The lowest BCUT2D eigenvalue weighted by Crippen LogP contribution is -2.07. The van der Waals surface area contributed by atoms with Gasteiger partial charge in [-0.15, -0.1) is 0 Å². The molecule has 1 atom stereocenters. The fraction of sp³-hybridized carbons (Fsp3) is 0.250. The number of ether oxygens (including phenoxy) is 1. The Morgan fingerprint density at radius 3 is 2.60 bits per heavy atom. The summed E-state index contributed by atoms with van der Waals surface area (Å²) < 4.78 is 5.08. The number of methoxy groups -OCH3 is 1. The Balaban J connectivity index is 2.04. The van der Waals surface area contributed by atoms with E-state index in [0.29, 0.717) is 0 Å². The molecule has 0 radical (unpaired) electrons. The third-order valence-corrected chi connectivity index (χ3v) is 3.24. The van der Waals surface area contributed by atoms with Crippen molar-refractivity contribution in [1.82, 2.24) is 0 Å². The monoisotopic (exact) mass is 220 g/mol. The Bertz CT molecular complexity index is 381. The van der Waals surface area contributed by atoms with Crippen LogP contribution in [0.1, 0.15) is 5.56 Å². The van der Waals surface area contributed by atoms with Crippen LogP contribution >= 0.6 is 11.8 Å². The van der Waals surface area contributed by atoms with Crippen LogP contribution in [0.5, 0.6) is 5.75 Å². The van der Waals surface area contributed by atoms with Gasteiger partial charge in [0, 0.05) is 0 Å². The van der Waals surface area contributed by atoms with Gasteiger partial charge in [-0.2, -0.15) is 0 Å². The molecular weight excluding hydrogens is 208 g/mol. The third-order valence-electron chi connectivity index (χ3n) is 2.41. The number of carbonyl (C=O) groups excluding carboxylic acids is 1. The number of benzene rings is 1. The summed E-state index contributed by atoms with van der Waals surface area (Å²) in [6, 6.07) is 7.85. The standard InChI is InChI=1S/C12H12O2S/c1-14-11-4-2-9(3-5-11)8-10-6-7-15-12(10)13/h2-7,10H,8H2,1H3. The molecule has 2 nitrogen and oxygen atoms in total. The van der Waals surface area contributed by atoms with Crippen LogP contribution in [0.3, 0.4) is 0 Å². The maximum absolute atomic E-state index is 11.4. The number of thioether (sulfide) groups is 1. The molecule has 15 heavy (non-hydrogen) atoms. The normalized spacial score (nSPS) is 19.5. The van der Waals surface area contributed by atoms with Crippen molar-refractivity contribution in [1.29, 1.82) is 0 Å². The summed E-state index contributed by atoms with van der Waals surface area (Å²) in [5.41, 5.74) is 1.17. The zero-order valence-electron chi connectivity index (χ0n) is 8.47. The lowest BCUT2D eigenvalue weighted by Gasteiger charge is -2.06. The minimum Gasteiger partial charge on any atom is -0.497 e. The molecule has 0 aromatic heterocycles. The van der Waals surface area contributed by atoms with Crippen LogP contribution in [0.15, 0.2) is 35.7 Å². The summed E-state index contributed by atoms with van der Waals surface area (Å²) in [6.45, 7) is 0. The molecule has 0 bridgehead atoms. The molecule has 0 aliphatic carbocycles. The zero-order chi connectivity index (χ0) is 10.7. The van der Waals surface area contributed by atoms with Gasteiger partial charge in [0.2, 0.25) is 0 Å². The average Bonchev–Trinajstić information content (AvgIpc) is 2.66. The van der Waals surface area contributed by atoms with Crippen molar-refractivity contribution < 1.29 is 9.53 Å². The van der Waals surface area contributed by atoms with Crippen LogP contribution in [0.2, 0.25) is 0 Å². The van der Waals surface area contributed by atoms with Gasteiger partial charge in [0.1, 0.15) is 5.75 Å². The maximum Gasteiger partial charge on any atom is 0.200 e.